The molecule has 522 valence electrons. The summed E-state index contributed by atoms with van der Waals surface area (Å²) in [5, 5.41) is 10.5. The molecule has 2 unspecified atom stereocenters. The monoisotopic (exact) mass is 1300 g/mol. The lowest BCUT2D eigenvalue weighted by Gasteiger charge is -2.21. The van der Waals surface area contributed by atoms with Crippen molar-refractivity contribution in [3.05, 3.63) is 0 Å². The number of phosphoric ester groups is 2. The van der Waals surface area contributed by atoms with Crippen LogP contribution in [0.15, 0.2) is 0 Å². The van der Waals surface area contributed by atoms with E-state index in [0.717, 1.165) is 108 Å². The maximum Gasteiger partial charge on any atom is 0.472 e. The number of ether oxygens (including phenoxy) is 4. The number of carbonyl (C=O) groups is 4. The van der Waals surface area contributed by atoms with Crippen LogP contribution in [0.25, 0.3) is 0 Å². The summed E-state index contributed by atoms with van der Waals surface area (Å²) < 4.78 is 68.0. The van der Waals surface area contributed by atoms with Crippen LogP contribution >= 0.6 is 15.6 Å². The zero-order valence-electron chi connectivity index (χ0n) is 57.2. The van der Waals surface area contributed by atoms with Crippen LogP contribution in [0.2, 0.25) is 0 Å². The molecule has 0 aliphatic heterocycles. The van der Waals surface area contributed by atoms with E-state index in [4.69, 9.17) is 37.0 Å². The molecule has 0 saturated carbocycles. The van der Waals surface area contributed by atoms with E-state index in [1.54, 1.807) is 0 Å². The fourth-order valence-corrected chi connectivity index (χ4v) is 11.9. The van der Waals surface area contributed by atoms with Gasteiger partial charge in [-0.05, 0) is 43.4 Å². The number of esters is 4. The van der Waals surface area contributed by atoms with Gasteiger partial charge in [-0.3, -0.25) is 37.3 Å². The molecule has 0 heterocycles. The highest BCUT2D eigenvalue weighted by Gasteiger charge is 2.30. The predicted octanol–water partition coefficient (Wildman–Crippen LogP) is 19.5. The average molecular weight is 1300 g/mol. The Bertz CT molecular complexity index is 1730. The first kappa shape index (κ1) is 86.1. The predicted molar refractivity (Wildman–Crippen MR) is 354 cm³/mol. The molecule has 0 radical (unpaired) electrons. The van der Waals surface area contributed by atoms with Gasteiger partial charge in [0.25, 0.3) is 0 Å². The molecule has 0 spiro atoms. The molecule has 0 aromatic heterocycles. The maximum atomic E-state index is 13.0. The van der Waals surface area contributed by atoms with Crippen LogP contribution in [0.3, 0.4) is 0 Å². The highest BCUT2D eigenvalue weighted by molar-refractivity contribution is 7.47. The highest BCUT2D eigenvalue weighted by Crippen LogP contribution is 2.45. The Balaban J connectivity index is 5.10. The fourth-order valence-electron chi connectivity index (χ4n) is 10.4. The van der Waals surface area contributed by atoms with E-state index in [9.17, 15) is 43.2 Å². The molecular weight excluding hydrogens is 1160 g/mol. The molecule has 17 nitrogen and oxygen atoms in total. The molecule has 19 heteroatoms. The van der Waals surface area contributed by atoms with E-state index < -0.39 is 97.5 Å². The molecule has 0 fully saturated rings. The minimum absolute atomic E-state index is 0.102. The van der Waals surface area contributed by atoms with Gasteiger partial charge in [-0.1, -0.05) is 292 Å². The van der Waals surface area contributed by atoms with Crippen LogP contribution in [0.1, 0.15) is 344 Å². The van der Waals surface area contributed by atoms with Gasteiger partial charge in [-0.25, -0.2) is 9.13 Å². The minimum Gasteiger partial charge on any atom is -0.462 e. The highest BCUT2D eigenvalue weighted by atomic mass is 31.2. The Morgan fingerprint density at radius 3 is 0.773 bits per heavy atom. The van der Waals surface area contributed by atoms with Crippen molar-refractivity contribution in [2.24, 2.45) is 17.8 Å². The zero-order chi connectivity index (χ0) is 65.2. The molecule has 0 amide bonds. The molecule has 0 rings (SSSR count). The summed E-state index contributed by atoms with van der Waals surface area (Å²) in [6.45, 7) is 11.7. The third-order valence-corrected chi connectivity index (χ3v) is 17.8. The number of hydrogen-bond acceptors (Lipinski definition) is 15. The van der Waals surface area contributed by atoms with Crippen LogP contribution in [-0.2, 0) is 65.4 Å². The lowest BCUT2D eigenvalue weighted by Crippen LogP contribution is -2.30. The lowest BCUT2D eigenvalue weighted by molar-refractivity contribution is -0.161. The quantitative estimate of drug-likeness (QED) is 0.0222. The largest absolute Gasteiger partial charge is 0.472 e. The van der Waals surface area contributed by atoms with Crippen molar-refractivity contribution in [1.29, 1.82) is 0 Å². The maximum absolute atomic E-state index is 13.0. The van der Waals surface area contributed by atoms with Crippen LogP contribution in [-0.4, -0.2) is 96.7 Å². The van der Waals surface area contributed by atoms with Crippen molar-refractivity contribution < 1.29 is 80.2 Å². The van der Waals surface area contributed by atoms with Crippen molar-refractivity contribution in [2.75, 3.05) is 39.6 Å². The van der Waals surface area contributed by atoms with Crippen molar-refractivity contribution in [3.63, 3.8) is 0 Å². The van der Waals surface area contributed by atoms with Gasteiger partial charge in [0.05, 0.1) is 26.4 Å². The SMILES string of the molecule is CCCCCCCC(=O)OC[C@H](COP(=O)(O)OC[C@H](O)COP(=O)(O)OC[C@@H](COC(=O)CCCCCCCCCCCC(C)C)OC(=O)CCCCCCCCCCCCCCCCCCCCC(C)C)OC(=O)CCCCCCCCCC(C)C. The first-order chi connectivity index (χ1) is 42.2. The van der Waals surface area contributed by atoms with E-state index in [1.165, 1.54) is 148 Å². The first-order valence-corrected chi connectivity index (χ1v) is 38.8. The van der Waals surface area contributed by atoms with E-state index in [0.29, 0.717) is 31.6 Å². The molecule has 88 heavy (non-hydrogen) atoms. The molecule has 0 aromatic carbocycles. The third-order valence-electron chi connectivity index (χ3n) is 15.9. The Hall–Kier alpha value is -1.94. The second-order valence-corrected chi connectivity index (χ2v) is 29.3. The van der Waals surface area contributed by atoms with Crippen LogP contribution in [0.5, 0.6) is 0 Å². The van der Waals surface area contributed by atoms with Gasteiger partial charge >= 0.3 is 39.5 Å². The summed E-state index contributed by atoms with van der Waals surface area (Å²) in [5.41, 5.74) is 0. The summed E-state index contributed by atoms with van der Waals surface area (Å²) in [7, 11) is -9.89. The number of rotatable bonds is 67. The third kappa shape index (κ3) is 62.8. The first-order valence-electron chi connectivity index (χ1n) is 35.8. The number of aliphatic hydroxyl groups is 1. The van der Waals surface area contributed by atoms with Gasteiger partial charge in [0, 0.05) is 25.7 Å². The number of carbonyl (C=O) groups excluding carboxylic acids is 4. The summed E-state index contributed by atoms with van der Waals surface area (Å²) in [5.74, 6) is 0.118. The molecule has 0 bridgehead atoms. The fraction of sp³-hybridized carbons (Fsp3) is 0.942. The Labute approximate surface area is 537 Å². The standard InChI is InChI=1S/C69H134O17P2/c1-8-9-10-33-43-50-66(71)79-56-64(85-69(74)53-46-39-32-26-29-36-42-49-62(6)7)58-83-87(75,76)81-54-63(70)55-82-88(77,78)84-59-65(57-80-67(72)51-44-37-30-25-21-23-28-35-41-48-61(4)5)86-68(73)52-45-38-31-24-20-18-16-14-12-11-13-15-17-19-22-27-34-40-47-60(2)3/h60-65,70H,8-59H2,1-7H3,(H,75,76)(H,77,78)/t63-,64+,65+/m0/s1. The zero-order valence-corrected chi connectivity index (χ0v) is 59.0. The number of unbranched alkanes of at least 4 members (excludes halogenated alkanes) is 35. The molecule has 0 aliphatic rings. The topological polar surface area (TPSA) is 237 Å². The van der Waals surface area contributed by atoms with E-state index in [2.05, 4.69) is 48.5 Å². The van der Waals surface area contributed by atoms with E-state index in [1.807, 2.05) is 0 Å². The van der Waals surface area contributed by atoms with Crippen LogP contribution in [0.4, 0.5) is 0 Å². The van der Waals surface area contributed by atoms with Crippen molar-refractivity contribution in [1.82, 2.24) is 0 Å². The Kier molecular flexibility index (Phi) is 58.7. The van der Waals surface area contributed by atoms with Gasteiger partial charge in [0.2, 0.25) is 0 Å². The van der Waals surface area contributed by atoms with Crippen LogP contribution < -0.4 is 0 Å². The summed E-state index contributed by atoms with van der Waals surface area (Å²) in [6, 6.07) is 0. The van der Waals surface area contributed by atoms with Crippen LogP contribution in [0, 0.1) is 17.8 Å². The summed E-state index contributed by atoms with van der Waals surface area (Å²) in [6.07, 6.45) is 43.7. The number of aliphatic hydroxyl groups excluding tert-OH is 1. The molecule has 3 N–H and O–H groups in total. The Morgan fingerprint density at radius 2 is 0.523 bits per heavy atom. The van der Waals surface area contributed by atoms with Crippen molar-refractivity contribution in [2.45, 2.75) is 362 Å². The van der Waals surface area contributed by atoms with E-state index >= 15 is 0 Å². The smallest absolute Gasteiger partial charge is 0.462 e. The average Bonchev–Trinajstić information content (AvgIpc) is 3.49. The number of hydrogen-bond donors (Lipinski definition) is 3. The van der Waals surface area contributed by atoms with Gasteiger partial charge in [-0.2, -0.15) is 0 Å². The lowest BCUT2D eigenvalue weighted by atomic mass is 10.0. The second-order valence-electron chi connectivity index (χ2n) is 26.3. The Morgan fingerprint density at radius 1 is 0.307 bits per heavy atom. The van der Waals surface area contributed by atoms with Crippen molar-refractivity contribution in [3.8, 4) is 0 Å². The molecule has 0 aliphatic carbocycles. The molecule has 5 atom stereocenters. The van der Waals surface area contributed by atoms with Gasteiger partial charge in [0.15, 0.2) is 12.2 Å². The molecular formula is C69H134O17P2. The minimum atomic E-state index is -4.95. The van der Waals surface area contributed by atoms with Crippen molar-refractivity contribution >= 4 is 39.5 Å². The summed E-state index contributed by atoms with van der Waals surface area (Å²) in [4.78, 5) is 72.1. The number of phosphoric acid groups is 2. The van der Waals surface area contributed by atoms with Gasteiger partial charge in [0.1, 0.15) is 19.3 Å². The second kappa shape index (κ2) is 60.0. The summed E-state index contributed by atoms with van der Waals surface area (Å²) >= 11 is 0. The molecule has 0 aromatic rings. The normalized spacial score (nSPS) is 14.2. The molecule has 0 saturated heterocycles. The van der Waals surface area contributed by atoms with Gasteiger partial charge < -0.3 is 33.8 Å². The van der Waals surface area contributed by atoms with E-state index in [-0.39, 0.29) is 25.7 Å². The van der Waals surface area contributed by atoms with Gasteiger partial charge in [-0.15, -0.1) is 0 Å².